The van der Waals surface area contributed by atoms with Gasteiger partial charge in [0.1, 0.15) is 11.5 Å². The van der Waals surface area contributed by atoms with Crippen LogP contribution in [0.4, 0.5) is 0 Å². The summed E-state index contributed by atoms with van der Waals surface area (Å²) in [5, 5.41) is 0. The van der Waals surface area contributed by atoms with Crippen molar-refractivity contribution >= 4 is 0 Å². The smallest absolute Gasteiger partial charge is 0.122 e. The molecule has 130 valence electrons. The summed E-state index contributed by atoms with van der Waals surface area (Å²) in [5.74, 6) is 2.04. The zero-order valence-corrected chi connectivity index (χ0v) is 15.4. The molecule has 24 heavy (non-hydrogen) atoms. The van der Waals surface area contributed by atoms with E-state index in [4.69, 9.17) is 15.2 Å². The zero-order chi connectivity index (χ0) is 17.7. The predicted octanol–water partition coefficient (Wildman–Crippen LogP) is 4.38. The number of ether oxygens (including phenoxy) is 2. The Hall–Kier alpha value is -2.00. The molecular weight excluding hydrogens is 298 g/mol. The molecule has 0 spiro atoms. The van der Waals surface area contributed by atoms with E-state index in [0.29, 0.717) is 6.54 Å². The number of hydrogen-bond donors (Lipinski definition) is 1. The van der Waals surface area contributed by atoms with Crippen molar-refractivity contribution in [2.75, 3.05) is 13.7 Å². The Morgan fingerprint density at radius 3 is 2.38 bits per heavy atom. The summed E-state index contributed by atoms with van der Waals surface area (Å²) in [7, 11) is 1.72. The van der Waals surface area contributed by atoms with Gasteiger partial charge in [0.05, 0.1) is 13.2 Å². The first-order chi connectivity index (χ1) is 11.4. The summed E-state index contributed by atoms with van der Waals surface area (Å²) in [4.78, 5) is 0. The molecule has 0 aliphatic carbocycles. The lowest BCUT2D eigenvalue weighted by atomic mass is 9.89. The Bertz CT molecular complexity index is 680. The highest BCUT2D eigenvalue weighted by Crippen LogP contribution is 2.32. The second-order valence-corrected chi connectivity index (χ2v) is 6.63. The molecule has 0 saturated carbocycles. The summed E-state index contributed by atoms with van der Waals surface area (Å²) < 4.78 is 11.4. The molecule has 0 heterocycles. The van der Waals surface area contributed by atoms with Crippen molar-refractivity contribution in [2.24, 2.45) is 5.73 Å². The van der Waals surface area contributed by atoms with E-state index >= 15 is 0 Å². The second-order valence-electron chi connectivity index (χ2n) is 6.63. The Labute approximate surface area is 145 Å². The molecular formula is C21H29NO2. The number of rotatable bonds is 7. The minimum atomic E-state index is 0.172. The molecule has 0 fully saturated rings. The van der Waals surface area contributed by atoms with Crippen molar-refractivity contribution in [3.63, 3.8) is 0 Å². The first kappa shape index (κ1) is 18.3. The number of hydrogen-bond acceptors (Lipinski definition) is 3. The highest BCUT2D eigenvalue weighted by atomic mass is 16.5. The summed E-state index contributed by atoms with van der Waals surface area (Å²) in [6.45, 7) is 8.88. The SMILES string of the molecule is COc1cc(C)c(C)cc1C(CN)Cc1cccc(OC(C)C)c1. The van der Waals surface area contributed by atoms with Crippen LogP contribution in [-0.4, -0.2) is 19.8 Å². The van der Waals surface area contributed by atoms with Crippen LogP contribution in [0, 0.1) is 13.8 Å². The fourth-order valence-corrected chi connectivity index (χ4v) is 2.93. The maximum atomic E-state index is 6.10. The van der Waals surface area contributed by atoms with Gasteiger partial charge in [0.25, 0.3) is 0 Å². The van der Waals surface area contributed by atoms with Crippen LogP contribution in [0.2, 0.25) is 0 Å². The van der Waals surface area contributed by atoms with Gasteiger partial charge < -0.3 is 15.2 Å². The van der Waals surface area contributed by atoms with Gasteiger partial charge in [-0.05, 0) is 81.1 Å². The third kappa shape index (κ3) is 4.51. The summed E-state index contributed by atoms with van der Waals surface area (Å²) in [6, 6.07) is 12.6. The quantitative estimate of drug-likeness (QED) is 0.820. The molecule has 0 aromatic heterocycles. The maximum Gasteiger partial charge on any atom is 0.122 e. The minimum Gasteiger partial charge on any atom is -0.496 e. The highest BCUT2D eigenvalue weighted by molar-refractivity contribution is 5.44. The average molecular weight is 327 g/mol. The van der Waals surface area contributed by atoms with E-state index in [9.17, 15) is 0 Å². The van der Waals surface area contributed by atoms with Crippen LogP contribution in [0.1, 0.15) is 42.0 Å². The standard InChI is InChI=1S/C21H29NO2/c1-14(2)24-19-8-6-7-17(12-19)11-18(13-22)20-9-15(3)16(4)10-21(20)23-5/h6-10,12,14,18H,11,13,22H2,1-5H3. The van der Waals surface area contributed by atoms with Crippen molar-refractivity contribution in [1.29, 1.82) is 0 Å². The topological polar surface area (TPSA) is 44.5 Å². The molecule has 3 heteroatoms. The first-order valence-electron chi connectivity index (χ1n) is 8.55. The Kier molecular flexibility index (Phi) is 6.27. The third-order valence-corrected chi connectivity index (χ3v) is 4.32. The molecule has 0 bridgehead atoms. The molecule has 2 aromatic rings. The Balaban J connectivity index is 2.28. The van der Waals surface area contributed by atoms with Crippen molar-refractivity contribution in [1.82, 2.24) is 0 Å². The summed E-state index contributed by atoms with van der Waals surface area (Å²) in [6.07, 6.45) is 1.04. The van der Waals surface area contributed by atoms with Crippen LogP contribution >= 0.6 is 0 Å². The number of benzene rings is 2. The molecule has 2 N–H and O–H groups in total. The van der Waals surface area contributed by atoms with Crippen LogP contribution in [0.3, 0.4) is 0 Å². The first-order valence-corrected chi connectivity index (χ1v) is 8.55. The molecule has 2 rings (SSSR count). The van der Waals surface area contributed by atoms with Gasteiger partial charge in [-0.2, -0.15) is 0 Å². The predicted molar refractivity (Wildman–Crippen MR) is 100 cm³/mol. The normalized spacial score (nSPS) is 12.3. The van der Waals surface area contributed by atoms with Crippen LogP contribution in [0.5, 0.6) is 11.5 Å². The van der Waals surface area contributed by atoms with E-state index in [0.717, 1.165) is 17.9 Å². The molecule has 1 atom stereocenters. The average Bonchev–Trinajstić information content (AvgIpc) is 2.54. The lowest BCUT2D eigenvalue weighted by molar-refractivity contribution is 0.242. The van der Waals surface area contributed by atoms with Crippen molar-refractivity contribution < 1.29 is 9.47 Å². The number of aryl methyl sites for hydroxylation is 2. The number of nitrogens with two attached hydrogens (primary N) is 1. The zero-order valence-electron chi connectivity index (χ0n) is 15.4. The van der Waals surface area contributed by atoms with Gasteiger partial charge >= 0.3 is 0 Å². The molecule has 3 nitrogen and oxygen atoms in total. The van der Waals surface area contributed by atoms with E-state index in [1.807, 2.05) is 26.0 Å². The third-order valence-electron chi connectivity index (χ3n) is 4.32. The van der Waals surface area contributed by atoms with E-state index in [2.05, 4.69) is 38.1 Å². The number of methoxy groups -OCH3 is 1. The lowest BCUT2D eigenvalue weighted by Crippen LogP contribution is -2.16. The van der Waals surface area contributed by atoms with Crippen LogP contribution in [0.15, 0.2) is 36.4 Å². The van der Waals surface area contributed by atoms with Crippen LogP contribution in [0.25, 0.3) is 0 Å². The maximum absolute atomic E-state index is 6.10. The van der Waals surface area contributed by atoms with Gasteiger partial charge in [0, 0.05) is 5.92 Å². The molecule has 0 saturated heterocycles. The highest BCUT2D eigenvalue weighted by Gasteiger charge is 2.17. The molecule has 1 unspecified atom stereocenters. The molecule has 0 amide bonds. The van der Waals surface area contributed by atoms with Gasteiger partial charge in [-0.3, -0.25) is 0 Å². The lowest BCUT2D eigenvalue weighted by Gasteiger charge is -2.20. The van der Waals surface area contributed by atoms with Gasteiger partial charge in [-0.25, -0.2) is 0 Å². The van der Waals surface area contributed by atoms with Gasteiger partial charge in [0.2, 0.25) is 0 Å². The Morgan fingerprint density at radius 1 is 1.04 bits per heavy atom. The van der Waals surface area contributed by atoms with E-state index < -0.39 is 0 Å². The van der Waals surface area contributed by atoms with Crippen LogP contribution in [-0.2, 0) is 6.42 Å². The Morgan fingerprint density at radius 2 is 1.75 bits per heavy atom. The van der Waals surface area contributed by atoms with Crippen molar-refractivity contribution in [3.8, 4) is 11.5 Å². The monoisotopic (exact) mass is 327 g/mol. The fraction of sp³-hybridized carbons (Fsp3) is 0.429. The van der Waals surface area contributed by atoms with E-state index in [1.54, 1.807) is 7.11 Å². The minimum absolute atomic E-state index is 0.172. The molecule has 2 aromatic carbocycles. The van der Waals surface area contributed by atoms with Gasteiger partial charge in [0.15, 0.2) is 0 Å². The molecule has 0 aliphatic heterocycles. The molecule has 0 radical (unpaired) electrons. The fourth-order valence-electron chi connectivity index (χ4n) is 2.93. The second kappa shape index (κ2) is 8.20. The van der Waals surface area contributed by atoms with Crippen LogP contribution < -0.4 is 15.2 Å². The summed E-state index contributed by atoms with van der Waals surface area (Å²) in [5.41, 5.74) is 11.0. The van der Waals surface area contributed by atoms with E-state index in [-0.39, 0.29) is 12.0 Å². The molecule has 0 aliphatic rings. The van der Waals surface area contributed by atoms with Gasteiger partial charge in [-0.1, -0.05) is 18.2 Å². The van der Waals surface area contributed by atoms with Crippen molar-refractivity contribution in [2.45, 2.75) is 46.1 Å². The summed E-state index contributed by atoms with van der Waals surface area (Å²) >= 11 is 0. The van der Waals surface area contributed by atoms with Gasteiger partial charge in [-0.15, -0.1) is 0 Å². The van der Waals surface area contributed by atoms with E-state index in [1.165, 1.54) is 22.3 Å². The van der Waals surface area contributed by atoms with Crippen molar-refractivity contribution in [3.05, 3.63) is 58.7 Å². The largest absolute Gasteiger partial charge is 0.496 e.